The SMILES string of the molecule is CC.CCOC(=O)CCCCCc1ccc(CC(C)C)cc1. The molecular weight excluding hydrogens is 272 g/mol. The maximum atomic E-state index is 11.2. The molecule has 0 amide bonds. The molecular formula is C20H34O2. The van der Waals surface area contributed by atoms with Gasteiger partial charge < -0.3 is 4.74 Å². The lowest BCUT2D eigenvalue weighted by atomic mass is 10.00. The van der Waals surface area contributed by atoms with Crippen LogP contribution in [0.25, 0.3) is 0 Å². The summed E-state index contributed by atoms with van der Waals surface area (Å²) in [5.74, 6) is 0.647. The van der Waals surface area contributed by atoms with Crippen molar-refractivity contribution in [2.24, 2.45) is 5.92 Å². The Labute approximate surface area is 137 Å². The second kappa shape index (κ2) is 13.4. The van der Waals surface area contributed by atoms with Crippen LogP contribution in [0.15, 0.2) is 24.3 Å². The minimum atomic E-state index is -0.0643. The van der Waals surface area contributed by atoms with Crippen LogP contribution in [0.5, 0.6) is 0 Å². The van der Waals surface area contributed by atoms with Crippen molar-refractivity contribution in [1.29, 1.82) is 0 Å². The third-order valence-corrected chi connectivity index (χ3v) is 3.32. The molecule has 0 aliphatic rings. The van der Waals surface area contributed by atoms with Gasteiger partial charge in [0.15, 0.2) is 0 Å². The topological polar surface area (TPSA) is 26.3 Å². The number of unbranched alkanes of at least 4 members (excludes halogenated alkanes) is 2. The molecule has 0 aromatic heterocycles. The van der Waals surface area contributed by atoms with Gasteiger partial charge in [-0.05, 0) is 49.7 Å². The van der Waals surface area contributed by atoms with Crippen LogP contribution in [0.3, 0.4) is 0 Å². The summed E-state index contributed by atoms with van der Waals surface area (Å²) >= 11 is 0. The van der Waals surface area contributed by atoms with Gasteiger partial charge in [0.2, 0.25) is 0 Å². The molecule has 0 aliphatic heterocycles. The summed E-state index contributed by atoms with van der Waals surface area (Å²) in [5, 5.41) is 0. The van der Waals surface area contributed by atoms with Gasteiger partial charge in [0, 0.05) is 6.42 Å². The fraction of sp³-hybridized carbons (Fsp3) is 0.650. The Kier molecular flexibility index (Phi) is 12.6. The van der Waals surface area contributed by atoms with Crippen molar-refractivity contribution < 1.29 is 9.53 Å². The standard InChI is InChI=1S/C18H28O2.C2H6/c1-4-20-18(19)9-7-5-6-8-16-10-12-17(13-11-16)14-15(2)3;1-2/h10-13,15H,4-9,14H2,1-3H3;1-2H3. The number of ether oxygens (including phenoxy) is 1. The average Bonchev–Trinajstić information content (AvgIpc) is 2.50. The maximum Gasteiger partial charge on any atom is 0.305 e. The Morgan fingerprint density at radius 2 is 1.59 bits per heavy atom. The van der Waals surface area contributed by atoms with Crippen molar-refractivity contribution in [2.75, 3.05) is 6.61 Å². The van der Waals surface area contributed by atoms with E-state index in [1.165, 1.54) is 11.1 Å². The van der Waals surface area contributed by atoms with Crippen molar-refractivity contribution in [3.8, 4) is 0 Å². The molecule has 0 fully saturated rings. The summed E-state index contributed by atoms with van der Waals surface area (Å²) in [6.07, 6.45) is 5.98. The van der Waals surface area contributed by atoms with Gasteiger partial charge in [0.05, 0.1) is 6.61 Å². The Morgan fingerprint density at radius 3 is 2.14 bits per heavy atom. The van der Waals surface area contributed by atoms with E-state index in [1.54, 1.807) is 0 Å². The van der Waals surface area contributed by atoms with E-state index in [1.807, 2.05) is 20.8 Å². The van der Waals surface area contributed by atoms with Gasteiger partial charge >= 0.3 is 5.97 Å². The second-order valence-electron chi connectivity index (χ2n) is 5.78. The van der Waals surface area contributed by atoms with E-state index in [0.717, 1.165) is 32.1 Å². The lowest BCUT2D eigenvalue weighted by molar-refractivity contribution is -0.143. The zero-order valence-corrected chi connectivity index (χ0v) is 15.2. The minimum absolute atomic E-state index is 0.0643. The van der Waals surface area contributed by atoms with Crippen LogP contribution in [0.4, 0.5) is 0 Å². The Hall–Kier alpha value is -1.31. The highest BCUT2D eigenvalue weighted by atomic mass is 16.5. The van der Waals surface area contributed by atoms with Crippen LogP contribution in [-0.4, -0.2) is 12.6 Å². The maximum absolute atomic E-state index is 11.2. The molecule has 2 nitrogen and oxygen atoms in total. The first-order chi connectivity index (χ1) is 10.6. The van der Waals surface area contributed by atoms with Gasteiger partial charge in [0.1, 0.15) is 0 Å². The Morgan fingerprint density at radius 1 is 1.00 bits per heavy atom. The van der Waals surface area contributed by atoms with Crippen molar-refractivity contribution in [1.82, 2.24) is 0 Å². The molecule has 0 spiro atoms. The molecule has 22 heavy (non-hydrogen) atoms. The fourth-order valence-corrected chi connectivity index (χ4v) is 2.32. The summed E-state index contributed by atoms with van der Waals surface area (Å²) in [6.45, 7) is 10.8. The van der Waals surface area contributed by atoms with Gasteiger partial charge in [-0.2, -0.15) is 0 Å². The van der Waals surface area contributed by atoms with E-state index >= 15 is 0 Å². The van der Waals surface area contributed by atoms with Gasteiger partial charge in [0.25, 0.3) is 0 Å². The van der Waals surface area contributed by atoms with Crippen LogP contribution < -0.4 is 0 Å². The van der Waals surface area contributed by atoms with E-state index in [0.29, 0.717) is 18.9 Å². The molecule has 0 N–H and O–H groups in total. The average molecular weight is 306 g/mol. The van der Waals surface area contributed by atoms with Gasteiger partial charge in [-0.3, -0.25) is 4.79 Å². The third kappa shape index (κ3) is 10.4. The minimum Gasteiger partial charge on any atom is -0.466 e. The highest BCUT2D eigenvalue weighted by molar-refractivity contribution is 5.69. The van der Waals surface area contributed by atoms with E-state index in [9.17, 15) is 4.79 Å². The van der Waals surface area contributed by atoms with Crippen molar-refractivity contribution in [2.45, 2.75) is 73.1 Å². The molecule has 0 saturated heterocycles. The molecule has 1 rings (SSSR count). The molecule has 0 aliphatic carbocycles. The van der Waals surface area contributed by atoms with E-state index in [-0.39, 0.29) is 5.97 Å². The lowest BCUT2D eigenvalue weighted by Gasteiger charge is -2.06. The molecule has 0 saturated carbocycles. The number of benzene rings is 1. The second-order valence-corrected chi connectivity index (χ2v) is 5.78. The van der Waals surface area contributed by atoms with Crippen LogP contribution >= 0.6 is 0 Å². The highest BCUT2D eigenvalue weighted by Gasteiger charge is 2.01. The fourth-order valence-electron chi connectivity index (χ4n) is 2.32. The third-order valence-electron chi connectivity index (χ3n) is 3.32. The molecule has 0 unspecified atom stereocenters. The Bertz CT molecular complexity index is 379. The van der Waals surface area contributed by atoms with Gasteiger partial charge in [-0.1, -0.05) is 58.4 Å². The number of hydrogen-bond acceptors (Lipinski definition) is 2. The number of carbonyl (C=O) groups is 1. The van der Waals surface area contributed by atoms with Crippen LogP contribution in [0.2, 0.25) is 0 Å². The number of aryl methyl sites for hydroxylation is 1. The molecule has 1 aromatic carbocycles. The first kappa shape index (κ1) is 20.7. The quantitative estimate of drug-likeness (QED) is 0.440. The van der Waals surface area contributed by atoms with Crippen LogP contribution in [0, 0.1) is 5.92 Å². The predicted molar refractivity (Wildman–Crippen MR) is 95.1 cm³/mol. The first-order valence-electron chi connectivity index (χ1n) is 8.85. The van der Waals surface area contributed by atoms with Crippen molar-refractivity contribution in [3.63, 3.8) is 0 Å². The van der Waals surface area contributed by atoms with E-state index in [4.69, 9.17) is 4.74 Å². The molecule has 0 bridgehead atoms. The molecule has 0 atom stereocenters. The van der Waals surface area contributed by atoms with Crippen molar-refractivity contribution in [3.05, 3.63) is 35.4 Å². The van der Waals surface area contributed by atoms with E-state index < -0.39 is 0 Å². The number of hydrogen-bond donors (Lipinski definition) is 0. The highest BCUT2D eigenvalue weighted by Crippen LogP contribution is 2.12. The van der Waals surface area contributed by atoms with Gasteiger partial charge in [-0.15, -0.1) is 0 Å². The molecule has 0 heterocycles. The number of carbonyl (C=O) groups excluding carboxylic acids is 1. The summed E-state index contributed by atoms with van der Waals surface area (Å²) in [6, 6.07) is 8.97. The summed E-state index contributed by atoms with van der Waals surface area (Å²) in [7, 11) is 0. The van der Waals surface area contributed by atoms with E-state index in [2.05, 4.69) is 38.1 Å². The smallest absolute Gasteiger partial charge is 0.305 e. The predicted octanol–water partition coefficient (Wildman–Crippen LogP) is 5.58. The van der Waals surface area contributed by atoms with Gasteiger partial charge in [-0.25, -0.2) is 0 Å². The van der Waals surface area contributed by atoms with Crippen molar-refractivity contribution >= 4 is 5.97 Å². The number of esters is 1. The van der Waals surface area contributed by atoms with Crippen LogP contribution in [0.1, 0.15) is 71.4 Å². The first-order valence-corrected chi connectivity index (χ1v) is 8.85. The number of rotatable bonds is 9. The molecule has 0 radical (unpaired) electrons. The monoisotopic (exact) mass is 306 g/mol. The zero-order valence-electron chi connectivity index (χ0n) is 15.2. The molecule has 1 aromatic rings. The Balaban J connectivity index is 0.00000211. The summed E-state index contributed by atoms with van der Waals surface area (Å²) < 4.78 is 4.91. The summed E-state index contributed by atoms with van der Waals surface area (Å²) in [4.78, 5) is 11.2. The normalized spacial score (nSPS) is 10.1. The molecule has 2 heteroatoms. The summed E-state index contributed by atoms with van der Waals surface area (Å²) in [5.41, 5.74) is 2.82. The van der Waals surface area contributed by atoms with Crippen LogP contribution in [-0.2, 0) is 22.4 Å². The largest absolute Gasteiger partial charge is 0.466 e. The lowest BCUT2D eigenvalue weighted by Crippen LogP contribution is -2.03. The zero-order chi connectivity index (χ0) is 16.8. The molecule has 126 valence electrons.